The van der Waals surface area contributed by atoms with Crippen molar-refractivity contribution in [3.8, 4) is 11.3 Å². The second-order valence-corrected chi connectivity index (χ2v) is 17.0. The van der Waals surface area contributed by atoms with E-state index in [2.05, 4.69) is 106 Å². The molecule has 0 saturated heterocycles. The van der Waals surface area contributed by atoms with Gasteiger partial charge in [-0.25, -0.2) is 4.99 Å². The van der Waals surface area contributed by atoms with Gasteiger partial charge in [0.25, 0.3) is 0 Å². The van der Waals surface area contributed by atoms with Gasteiger partial charge in [-0.3, -0.25) is 0 Å². The van der Waals surface area contributed by atoms with E-state index in [1.165, 1.54) is 33.1 Å². The van der Waals surface area contributed by atoms with E-state index in [1.54, 1.807) is 6.08 Å². The molecule has 3 aliphatic rings. The topological polar surface area (TPSA) is 37.5 Å². The number of nitrogens with zero attached hydrogens (tertiary/aromatic N) is 2. The number of hydrogen-bond donors (Lipinski definition) is 1. The molecule has 0 spiro atoms. The van der Waals surface area contributed by atoms with Crippen molar-refractivity contribution in [2.24, 2.45) is 4.99 Å². The maximum Gasteiger partial charge on any atom is 0.213 e. The monoisotopic (exact) mass is 522 g/mol. The van der Waals surface area contributed by atoms with E-state index in [4.69, 9.17) is 9.73 Å². The fourth-order valence-electron chi connectivity index (χ4n) is 6.28. The first-order chi connectivity index (χ1) is 18.0. The Balaban J connectivity index is 1.77. The number of benzene rings is 1. The summed E-state index contributed by atoms with van der Waals surface area (Å²) in [6.07, 6.45) is 6.10. The molecule has 0 bridgehead atoms. The van der Waals surface area contributed by atoms with Crippen molar-refractivity contribution >= 4 is 19.0 Å². The third-order valence-corrected chi connectivity index (χ3v) is 10.1. The van der Waals surface area contributed by atoms with Gasteiger partial charge in [-0.1, -0.05) is 71.4 Å². The highest BCUT2D eigenvalue weighted by molar-refractivity contribution is 6.89. The first-order valence-corrected chi connectivity index (χ1v) is 17.1. The molecular weight excluding hydrogens is 482 g/mol. The van der Waals surface area contributed by atoms with Gasteiger partial charge in [0, 0.05) is 28.9 Å². The average molecular weight is 523 g/mol. The molecule has 5 heteroatoms. The Hall–Kier alpha value is -3.44. The summed E-state index contributed by atoms with van der Waals surface area (Å²) in [5, 5.41) is 4.81. The minimum Gasteiger partial charge on any atom is -0.442 e. The molecule has 2 atom stereocenters. The molecule has 1 N–H and O–H groups in total. The average Bonchev–Trinajstić information content (AvgIpc) is 2.96. The Morgan fingerprint density at radius 3 is 2.58 bits per heavy atom. The van der Waals surface area contributed by atoms with Gasteiger partial charge < -0.3 is 10.1 Å². The maximum atomic E-state index is 5.89. The molecule has 0 radical (unpaired) electrons. The van der Waals surface area contributed by atoms with Gasteiger partial charge in [0.05, 0.1) is 19.7 Å². The zero-order chi connectivity index (χ0) is 27.4. The smallest absolute Gasteiger partial charge is 0.213 e. The summed E-state index contributed by atoms with van der Waals surface area (Å²) in [5.41, 5.74) is 9.12. The molecular formula is C33H40N3OSi+. The molecule has 3 aliphatic heterocycles. The van der Waals surface area contributed by atoms with E-state index >= 15 is 0 Å². The Kier molecular flexibility index (Phi) is 6.68. The molecule has 1 aromatic heterocycles. The van der Waals surface area contributed by atoms with Gasteiger partial charge in [-0.15, -0.1) is 0 Å². The molecule has 1 aromatic carbocycles. The largest absolute Gasteiger partial charge is 0.442 e. The van der Waals surface area contributed by atoms with E-state index < -0.39 is 8.07 Å². The summed E-state index contributed by atoms with van der Waals surface area (Å²) in [4.78, 5) is 5.16. The first kappa shape index (κ1) is 26.2. The van der Waals surface area contributed by atoms with Gasteiger partial charge >= 0.3 is 0 Å². The summed E-state index contributed by atoms with van der Waals surface area (Å²) in [6.45, 7) is 29.5. The number of ether oxygens (including phenoxy) is 1. The Labute approximate surface area is 228 Å². The number of hydrogen-bond acceptors (Lipinski definition) is 3. The standard InChI is InChI=1S/C33H40N3OSi/c1-10-29-32-22(5)37-23(6)34-18-24(32)15-16-27-25-13-11-12-14-26(25)30-17-28(20(2)3)31(38(7,8)9)19-36(30)33(27)21(4)35-29/h10-14,17,19-20,27,33-34H,1,4-6,15-16,18H2,2-3,7-9H3/q+1. The predicted octanol–water partition coefficient (Wildman–Crippen LogP) is 6.78. The molecule has 196 valence electrons. The Morgan fingerprint density at radius 2 is 1.89 bits per heavy atom. The molecule has 4 heterocycles. The highest BCUT2D eigenvalue weighted by Crippen LogP contribution is 2.45. The Bertz CT molecular complexity index is 1440. The minimum atomic E-state index is -1.62. The van der Waals surface area contributed by atoms with Gasteiger partial charge in [-0.05, 0) is 54.2 Å². The zero-order valence-electron chi connectivity index (χ0n) is 23.5. The second kappa shape index (κ2) is 9.70. The molecule has 4 nitrogen and oxygen atoms in total. The number of aliphatic imine (C=N–C) groups is 1. The van der Waals surface area contributed by atoms with Gasteiger partial charge in [-0.2, -0.15) is 4.57 Å². The number of pyridine rings is 1. The fourth-order valence-corrected chi connectivity index (χ4v) is 8.03. The summed E-state index contributed by atoms with van der Waals surface area (Å²) < 4.78 is 8.38. The quantitative estimate of drug-likeness (QED) is 0.356. The van der Waals surface area contributed by atoms with Crippen molar-refractivity contribution in [2.75, 3.05) is 6.54 Å². The van der Waals surface area contributed by atoms with Crippen LogP contribution >= 0.6 is 0 Å². The number of allylic oxidation sites excluding steroid dienone is 3. The molecule has 0 amide bonds. The normalized spacial score (nSPS) is 21.4. The third-order valence-electron chi connectivity index (χ3n) is 8.09. The number of nitrogens with one attached hydrogen (secondary N) is 1. The molecule has 0 saturated carbocycles. The lowest BCUT2D eigenvalue weighted by molar-refractivity contribution is -0.708. The predicted molar refractivity (Wildman–Crippen MR) is 161 cm³/mol. The second-order valence-electron chi connectivity index (χ2n) is 12.0. The van der Waals surface area contributed by atoms with Crippen LogP contribution in [0.1, 0.15) is 55.7 Å². The van der Waals surface area contributed by atoms with E-state index in [0.29, 0.717) is 24.1 Å². The van der Waals surface area contributed by atoms with Crippen molar-refractivity contribution in [2.45, 2.75) is 64.2 Å². The van der Waals surface area contributed by atoms with Crippen molar-refractivity contribution in [3.63, 3.8) is 0 Å². The van der Waals surface area contributed by atoms with E-state index in [-0.39, 0.29) is 12.0 Å². The highest BCUT2D eigenvalue weighted by atomic mass is 28.3. The van der Waals surface area contributed by atoms with Crippen LogP contribution in [0.3, 0.4) is 0 Å². The van der Waals surface area contributed by atoms with Crippen LogP contribution in [0.4, 0.5) is 0 Å². The lowest BCUT2D eigenvalue weighted by Crippen LogP contribution is -2.54. The molecule has 0 aliphatic carbocycles. The van der Waals surface area contributed by atoms with Gasteiger partial charge in [0.15, 0.2) is 12.1 Å². The lowest BCUT2D eigenvalue weighted by atomic mass is 9.78. The van der Waals surface area contributed by atoms with Crippen LogP contribution in [0.5, 0.6) is 0 Å². The van der Waals surface area contributed by atoms with Crippen molar-refractivity contribution < 1.29 is 9.30 Å². The van der Waals surface area contributed by atoms with Crippen LogP contribution in [-0.2, 0) is 4.74 Å². The van der Waals surface area contributed by atoms with E-state index in [9.17, 15) is 0 Å². The van der Waals surface area contributed by atoms with Crippen LogP contribution in [-0.4, -0.2) is 20.3 Å². The summed E-state index contributed by atoms with van der Waals surface area (Å²) in [7, 11) is -1.62. The first-order valence-electron chi connectivity index (χ1n) is 13.6. The van der Waals surface area contributed by atoms with Gasteiger partial charge in [0.2, 0.25) is 11.7 Å². The lowest BCUT2D eigenvalue weighted by Gasteiger charge is -2.33. The summed E-state index contributed by atoms with van der Waals surface area (Å²) in [6, 6.07) is 11.4. The van der Waals surface area contributed by atoms with Crippen LogP contribution in [0, 0.1) is 0 Å². The Morgan fingerprint density at radius 1 is 1.16 bits per heavy atom. The highest BCUT2D eigenvalue weighted by Gasteiger charge is 2.44. The van der Waals surface area contributed by atoms with E-state index in [0.717, 1.165) is 29.8 Å². The van der Waals surface area contributed by atoms with E-state index in [1.807, 2.05) is 0 Å². The molecule has 2 unspecified atom stereocenters. The summed E-state index contributed by atoms with van der Waals surface area (Å²) >= 11 is 0. The number of aromatic nitrogens is 1. The van der Waals surface area contributed by atoms with Crippen LogP contribution < -0.4 is 15.1 Å². The zero-order valence-corrected chi connectivity index (χ0v) is 24.5. The molecule has 5 rings (SSSR count). The number of fused-ring (bicyclic) bond motifs is 6. The maximum absolute atomic E-state index is 5.89. The summed E-state index contributed by atoms with van der Waals surface area (Å²) in [5.74, 6) is 1.75. The molecule has 0 fully saturated rings. The molecule has 38 heavy (non-hydrogen) atoms. The van der Waals surface area contributed by atoms with Crippen molar-refractivity contribution in [1.82, 2.24) is 5.32 Å². The van der Waals surface area contributed by atoms with Crippen LogP contribution in [0.25, 0.3) is 11.3 Å². The third kappa shape index (κ3) is 4.43. The molecule has 2 aromatic rings. The van der Waals surface area contributed by atoms with Crippen molar-refractivity contribution in [3.05, 3.63) is 109 Å². The SMILES string of the molecule is C=CC1=NC(=C)C2C(CCC3=C1C(=C)OC(=C)NC3)c1ccccc1-c1cc(C(C)C)c([Si](C)(C)C)c[n+]12. The van der Waals surface area contributed by atoms with Crippen molar-refractivity contribution in [1.29, 1.82) is 0 Å². The fraction of sp³-hybridized carbons (Fsp3) is 0.333. The van der Waals surface area contributed by atoms with Crippen LogP contribution in [0.2, 0.25) is 19.6 Å². The number of rotatable bonds is 3. The van der Waals surface area contributed by atoms with Crippen LogP contribution in [0.15, 0.2) is 102 Å². The minimum absolute atomic E-state index is 0.00631. The van der Waals surface area contributed by atoms with Gasteiger partial charge in [0.1, 0.15) is 11.5 Å².